The molecule has 0 radical (unpaired) electrons. The summed E-state index contributed by atoms with van der Waals surface area (Å²) < 4.78 is 0. The van der Waals surface area contributed by atoms with Gasteiger partial charge in [-0.15, -0.1) is 0 Å². The number of nitrogens with one attached hydrogen (secondary N) is 1. The Kier molecular flexibility index (Phi) is 6.31. The van der Waals surface area contributed by atoms with E-state index in [1.54, 1.807) is 0 Å². The molecule has 2 aliphatic rings. The molecule has 1 aromatic carbocycles. The van der Waals surface area contributed by atoms with Gasteiger partial charge in [0, 0.05) is 13.0 Å². The van der Waals surface area contributed by atoms with Gasteiger partial charge in [0.15, 0.2) is 0 Å². The molecule has 1 fully saturated rings. The first-order chi connectivity index (χ1) is 12.5. The standard InChI is InChI=1S/C23H31NO2/c1-16-8-9-20(17(2)12-16)14-24-15-22-19-11-10-18(13-19)21(22)6-4-3-5-7-23(25)26/h4,6,8-12,18-19,21-22,24H,3,5,7,13-15H2,1-2H3,(H,25,26)/b6-4-/t18-,19+,21-,22-/m0/s1. The van der Waals surface area contributed by atoms with Crippen molar-refractivity contribution in [3.63, 3.8) is 0 Å². The topological polar surface area (TPSA) is 49.3 Å². The van der Waals surface area contributed by atoms with E-state index in [2.05, 4.69) is 61.7 Å². The normalized spacial score (nSPS) is 26.8. The number of carboxylic acids is 1. The third-order valence-corrected chi connectivity index (χ3v) is 6.00. The number of aryl methyl sites for hydroxylation is 2. The quantitative estimate of drug-likeness (QED) is 0.502. The molecule has 0 unspecified atom stereocenters. The minimum absolute atomic E-state index is 0.266. The van der Waals surface area contributed by atoms with Crippen LogP contribution in [0.5, 0.6) is 0 Å². The number of benzene rings is 1. The molecular weight excluding hydrogens is 322 g/mol. The summed E-state index contributed by atoms with van der Waals surface area (Å²) in [5.74, 6) is 1.92. The summed E-state index contributed by atoms with van der Waals surface area (Å²) in [5.41, 5.74) is 4.06. The van der Waals surface area contributed by atoms with Crippen molar-refractivity contribution in [2.75, 3.05) is 6.54 Å². The Morgan fingerprint density at radius 1 is 1.27 bits per heavy atom. The molecule has 1 saturated carbocycles. The van der Waals surface area contributed by atoms with Crippen molar-refractivity contribution in [3.05, 3.63) is 59.2 Å². The number of aliphatic carboxylic acids is 1. The number of fused-ring (bicyclic) bond motifs is 2. The van der Waals surface area contributed by atoms with Gasteiger partial charge in [-0.3, -0.25) is 4.79 Å². The Morgan fingerprint density at radius 2 is 2.08 bits per heavy atom. The summed E-state index contributed by atoms with van der Waals surface area (Å²) in [6.07, 6.45) is 12.5. The minimum Gasteiger partial charge on any atom is -0.481 e. The van der Waals surface area contributed by atoms with Gasteiger partial charge >= 0.3 is 5.97 Å². The van der Waals surface area contributed by atoms with Crippen molar-refractivity contribution < 1.29 is 9.90 Å². The van der Waals surface area contributed by atoms with Crippen LogP contribution in [0.25, 0.3) is 0 Å². The first-order valence-corrected chi connectivity index (χ1v) is 9.88. The molecular formula is C23H31NO2. The number of unbranched alkanes of at least 4 members (excludes halogenated alkanes) is 1. The van der Waals surface area contributed by atoms with Gasteiger partial charge < -0.3 is 10.4 Å². The molecule has 0 heterocycles. The largest absolute Gasteiger partial charge is 0.481 e. The highest BCUT2D eigenvalue weighted by Crippen LogP contribution is 2.48. The van der Waals surface area contributed by atoms with Gasteiger partial charge in [0.2, 0.25) is 0 Å². The van der Waals surface area contributed by atoms with Gasteiger partial charge in [-0.05, 0) is 74.5 Å². The Morgan fingerprint density at radius 3 is 2.85 bits per heavy atom. The molecule has 3 nitrogen and oxygen atoms in total. The highest BCUT2D eigenvalue weighted by Gasteiger charge is 2.42. The van der Waals surface area contributed by atoms with Crippen LogP contribution in [0.2, 0.25) is 0 Å². The molecule has 0 aromatic heterocycles. The molecule has 0 spiro atoms. The van der Waals surface area contributed by atoms with Crippen LogP contribution in [0.15, 0.2) is 42.5 Å². The zero-order valence-electron chi connectivity index (χ0n) is 15.9. The lowest BCUT2D eigenvalue weighted by molar-refractivity contribution is -0.137. The van der Waals surface area contributed by atoms with E-state index < -0.39 is 5.97 Å². The van der Waals surface area contributed by atoms with Gasteiger partial charge in [0.1, 0.15) is 0 Å². The van der Waals surface area contributed by atoms with Crippen LogP contribution < -0.4 is 5.32 Å². The number of allylic oxidation sites excluding steroid dienone is 4. The Bertz CT molecular complexity index is 691. The van der Waals surface area contributed by atoms with Gasteiger partial charge in [-0.1, -0.05) is 48.1 Å². The van der Waals surface area contributed by atoms with Crippen molar-refractivity contribution >= 4 is 5.97 Å². The second-order valence-electron chi connectivity index (χ2n) is 7.96. The molecule has 0 aliphatic heterocycles. The van der Waals surface area contributed by atoms with Gasteiger partial charge in [0.05, 0.1) is 0 Å². The summed E-state index contributed by atoms with van der Waals surface area (Å²) >= 11 is 0. The second kappa shape index (κ2) is 8.68. The highest BCUT2D eigenvalue weighted by molar-refractivity contribution is 5.66. The van der Waals surface area contributed by atoms with Crippen molar-refractivity contribution in [2.24, 2.45) is 23.7 Å². The van der Waals surface area contributed by atoms with E-state index >= 15 is 0 Å². The van der Waals surface area contributed by atoms with E-state index in [1.165, 1.54) is 23.1 Å². The molecule has 2 N–H and O–H groups in total. The van der Waals surface area contributed by atoms with E-state index in [4.69, 9.17) is 5.11 Å². The molecule has 0 amide bonds. The maximum absolute atomic E-state index is 10.6. The van der Waals surface area contributed by atoms with Crippen molar-refractivity contribution in [3.8, 4) is 0 Å². The lowest BCUT2D eigenvalue weighted by Crippen LogP contribution is -2.30. The lowest BCUT2D eigenvalue weighted by atomic mass is 9.82. The first kappa shape index (κ1) is 18.9. The van der Waals surface area contributed by atoms with Crippen LogP contribution in [-0.4, -0.2) is 17.6 Å². The summed E-state index contributed by atoms with van der Waals surface area (Å²) in [7, 11) is 0. The molecule has 1 aromatic rings. The zero-order chi connectivity index (χ0) is 18.5. The lowest BCUT2D eigenvalue weighted by Gasteiger charge is -2.26. The summed E-state index contributed by atoms with van der Waals surface area (Å²) in [6, 6.07) is 6.67. The zero-order valence-corrected chi connectivity index (χ0v) is 15.9. The molecule has 3 rings (SSSR count). The van der Waals surface area contributed by atoms with Gasteiger partial charge in [-0.25, -0.2) is 0 Å². The molecule has 140 valence electrons. The van der Waals surface area contributed by atoms with Crippen LogP contribution in [0, 0.1) is 37.5 Å². The van der Waals surface area contributed by atoms with Crippen LogP contribution in [-0.2, 0) is 11.3 Å². The van der Waals surface area contributed by atoms with E-state index in [-0.39, 0.29) is 6.42 Å². The van der Waals surface area contributed by atoms with E-state index in [0.29, 0.717) is 23.7 Å². The average molecular weight is 354 g/mol. The SMILES string of the molecule is Cc1ccc(CNC[C@@H]2[C@@H](/C=C\CCCC(=O)O)[C@H]3C=C[C@@H]2C3)c(C)c1. The number of hydrogen-bond acceptors (Lipinski definition) is 2. The highest BCUT2D eigenvalue weighted by atomic mass is 16.4. The Labute approximate surface area is 157 Å². The predicted octanol–water partition coefficient (Wildman–Crippen LogP) is 4.64. The summed E-state index contributed by atoms with van der Waals surface area (Å²) in [6.45, 7) is 6.30. The molecule has 2 aliphatic carbocycles. The predicted molar refractivity (Wildman–Crippen MR) is 106 cm³/mol. The number of hydrogen-bond donors (Lipinski definition) is 2. The van der Waals surface area contributed by atoms with E-state index in [9.17, 15) is 4.79 Å². The fourth-order valence-electron chi connectivity index (χ4n) is 4.58. The van der Waals surface area contributed by atoms with Crippen molar-refractivity contribution in [1.29, 1.82) is 0 Å². The van der Waals surface area contributed by atoms with Gasteiger partial charge in [0.25, 0.3) is 0 Å². The van der Waals surface area contributed by atoms with Gasteiger partial charge in [-0.2, -0.15) is 0 Å². The van der Waals surface area contributed by atoms with Crippen LogP contribution in [0.1, 0.15) is 42.4 Å². The second-order valence-corrected chi connectivity index (χ2v) is 7.96. The smallest absolute Gasteiger partial charge is 0.303 e. The maximum atomic E-state index is 10.6. The Hall–Kier alpha value is -1.87. The first-order valence-electron chi connectivity index (χ1n) is 9.88. The fraction of sp³-hybridized carbons (Fsp3) is 0.522. The third kappa shape index (κ3) is 4.64. The average Bonchev–Trinajstić information content (AvgIpc) is 3.18. The maximum Gasteiger partial charge on any atom is 0.303 e. The van der Waals surface area contributed by atoms with Crippen LogP contribution in [0.4, 0.5) is 0 Å². The molecule has 4 atom stereocenters. The van der Waals surface area contributed by atoms with E-state index in [0.717, 1.165) is 25.9 Å². The Balaban J connectivity index is 1.51. The summed E-state index contributed by atoms with van der Waals surface area (Å²) in [5, 5.41) is 12.4. The molecule has 0 saturated heterocycles. The number of rotatable bonds is 9. The molecule has 26 heavy (non-hydrogen) atoms. The number of carbonyl (C=O) groups is 1. The van der Waals surface area contributed by atoms with E-state index in [1.807, 2.05) is 0 Å². The molecule has 2 bridgehead atoms. The minimum atomic E-state index is -0.699. The monoisotopic (exact) mass is 353 g/mol. The van der Waals surface area contributed by atoms with Crippen molar-refractivity contribution in [1.82, 2.24) is 5.32 Å². The van der Waals surface area contributed by atoms with Crippen LogP contribution in [0.3, 0.4) is 0 Å². The summed E-state index contributed by atoms with van der Waals surface area (Å²) in [4.78, 5) is 10.6. The third-order valence-electron chi connectivity index (χ3n) is 6.00. The van der Waals surface area contributed by atoms with Crippen LogP contribution >= 0.6 is 0 Å². The van der Waals surface area contributed by atoms with Crippen molar-refractivity contribution in [2.45, 2.75) is 46.1 Å². The number of carboxylic acid groups (broad SMARTS) is 1. The fourth-order valence-corrected chi connectivity index (χ4v) is 4.58. The molecule has 3 heteroatoms.